The number of hydrogen-bond donors (Lipinski definition) is 0. The lowest BCUT2D eigenvalue weighted by Crippen LogP contribution is -2.30. The highest BCUT2D eigenvalue weighted by Gasteiger charge is 2.19. The van der Waals surface area contributed by atoms with Crippen molar-refractivity contribution >= 4 is 17.9 Å². The molecule has 0 spiro atoms. The first-order chi connectivity index (χ1) is 36.5. The highest BCUT2D eigenvalue weighted by atomic mass is 16.6. The van der Waals surface area contributed by atoms with E-state index in [0.717, 1.165) is 77.0 Å². The Morgan fingerprint density at radius 3 is 0.824 bits per heavy atom. The second-order valence-electron chi connectivity index (χ2n) is 19.9. The van der Waals surface area contributed by atoms with Crippen LogP contribution in [0.3, 0.4) is 0 Å². The maximum absolute atomic E-state index is 12.8. The summed E-state index contributed by atoms with van der Waals surface area (Å²) < 4.78 is 16.7. The van der Waals surface area contributed by atoms with E-state index in [1.807, 2.05) is 12.2 Å². The molecule has 0 bridgehead atoms. The third-order valence-corrected chi connectivity index (χ3v) is 12.8. The average Bonchev–Trinajstić information content (AvgIpc) is 3.40. The minimum absolute atomic E-state index is 0.0749. The summed E-state index contributed by atoms with van der Waals surface area (Å²) in [7, 11) is 0. The van der Waals surface area contributed by atoms with E-state index >= 15 is 0 Å². The van der Waals surface area contributed by atoms with E-state index in [0.29, 0.717) is 12.8 Å². The Morgan fingerprint density at radius 2 is 0.527 bits per heavy atom. The Morgan fingerprint density at radius 1 is 0.284 bits per heavy atom. The quantitative estimate of drug-likeness (QED) is 0.0261. The zero-order chi connectivity index (χ0) is 53.6. The molecule has 0 aromatic rings. The van der Waals surface area contributed by atoms with Crippen LogP contribution in [0.5, 0.6) is 0 Å². The van der Waals surface area contributed by atoms with Crippen molar-refractivity contribution in [2.75, 3.05) is 13.2 Å². The van der Waals surface area contributed by atoms with E-state index in [9.17, 15) is 14.4 Å². The maximum atomic E-state index is 12.8. The summed E-state index contributed by atoms with van der Waals surface area (Å²) in [5, 5.41) is 0. The molecule has 0 N–H and O–H groups in total. The molecule has 0 fully saturated rings. The molecule has 0 saturated heterocycles. The van der Waals surface area contributed by atoms with Gasteiger partial charge in [-0.3, -0.25) is 14.4 Å². The van der Waals surface area contributed by atoms with E-state index in [2.05, 4.69) is 118 Å². The smallest absolute Gasteiger partial charge is 0.310 e. The Hall–Kier alpha value is -4.19. The average molecular weight is 1030 g/mol. The molecule has 0 heterocycles. The number of esters is 3. The van der Waals surface area contributed by atoms with Gasteiger partial charge in [0.25, 0.3) is 0 Å². The van der Waals surface area contributed by atoms with E-state index in [1.54, 1.807) is 12.2 Å². The number of ether oxygens (including phenoxy) is 3. The van der Waals surface area contributed by atoms with E-state index < -0.39 is 18.0 Å². The molecule has 74 heavy (non-hydrogen) atoms. The molecule has 0 aromatic heterocycles. The zero-order valence-electron chi connectivity index (χ0n) is 48.1. The second-order valence-corrected chi connectivity index (χ2v) is 19.9. The molecule has 0 aliphatic carbocycles. The molecule has 0 aromatic carbocycles. The second kappa shape index (κ2) is 61.4. The standard InChI is InChI=1S/C68H112O6/c1-4-7-10-13-16-19-22-25-28-29-30-31-32-33-34-35-36-37-38-41-43-46-49-52-55-58-61-67(70)73-64-65(74-68(71)62-59-56-53-50-47-44-40-27-24-21-18-15-12-9-6-3)63-72-66(69)60-57-54-51-48-45-42-39-26-23-20-17-14-11-8-5-2/h8-9,11-12,17-18,20-21,26-27,39-40,45,47-48,50,54,56-57,59,65H,4-7,10,13-16,19,22-25,28-38,41-44,46,49,51-53,55,58,60-64H2,1-3H3/b11-8-,12-9-,20-17-,21-18-,39-26-,40-27-,48-45-,50-47-,57-54-,59-56-. The van der Waals surface area contributed by atoms with Crippen LogP contribution in [0.25, 0.3) is 0 Å². The summed E-state index contributed by atoms with van der Waals surface area (Å²) in [6, 6.07) is 0. The van der Waals surface area contributed by atoms with Gasteiger partial charge in [-0.05, 0) is 70.6 Å². The number of rotatable bonds is 54. The van der Waals surface area contributed by atoms with Gasteiger partial charge in [-0.25, -0.2) is 0 Å². The van der Waals surface area contributed by atoms with Crippen LogP contribution in [0.4, 0.5) is 0 Å². The monoisotopic (exact) mass is 1020 g/mol. The van der Waals surface area contributed by atoms with Crippen molar-refractivity contribution in [1.29, 1.82) is 0 Å². The largest absolute Gasteiger partial charge is 0.462 e. The van der Waals surface area contributed by atoms with E-state index in [-0.39, 0.29) is 32.0 Å². The van der Waals surface area contributed by atoms with Crippen molar-refractivity contribution in [2.45, 2.75) is 277 Å². The van der Waals surface area contributed by atoms with Crippen LogP contribution in [0.2, 0.25) is 0 Å². The molecule has 0 radical (unpaired) electrons. The summed E-state index contributed by atoms with van der Waals surface area (Å²) in [5.41, 5.74) is 0. The number of unbranched alkanes of at least 4 members (excludes halogenated alkanes) is 25. The van der Waals surface area contributed by atoms with Crippen molar-refractivity contribution in [3.8, 4) is 0 Å². The first-order valence-corrected chi connectivity index (χ1v) is 30.5. The highest BCUT2D eigenvalue weighted by Crippen LogP contribution is 2.17. The third-order valence-electron chi connectivity index (χ3n) is 12.8. The molecule has 6 nitrogen and oxygen atoms in total. The van der Waals surface area contributed by atoms with Crippen molar-refractivity contribution < 1.29 is 28.6 Å². The summed E-state index contributed by atoms with van der Waals surface area (Å²) in [6.45, 7) is 6.25. The molecule has 420 valence electrons. The van der Waals surface area contributed by atoms with Gasteiger partial charge in [0, 0.05) is 6.42 Å². The molecule has 0 aliphatic rings. The summed E-state index contributed by atoms with van der Waals surface area (Å²) in [4.78, 5) is 38.1. The van der Waals surface area contributed by atoms with Crippen LogP contribution >= 0.6 is 0 Å². The predicted octanol–water partition coefficient (Wildman–Crippen LogP) is 20.8. The van der Waals surface area contributed by atoms with Gasteiger partial charge in [0.2, 0.25) is 0 Å². The Balaban J connectivity index is 4.41. The van der Waals surface area contributed by atoms with Gasteiger partial charge < -0.3 is 14.2 Å². The highest BCUT2D eigenvalue weighted by molar-refractivity contribution is 5.72. The molecule has 1 atom stereocenters. The number of allylic oxidation sites excluding steroid dienone is 18. The zero-order valence-corrected chi connectivity index (χ0v) is 48.1. The van der Waals surface area contributed by atoms with Gasteiger partial charge in [-0.1, -0.05) is 303 Å². The maximum Gasteiger partial charge on any atom is 0.310 e. The number of hydrogen-bond acceptors (Lipinski definition) is 6. The first kappa shape index (κ1) is 69.8. The molecule has 0 amide bonds. The fourth-order valence-electron chi connectivity index (χ4n) is 8.30. The molecular formula is C68H112O6. The molecule has 1 unspecified atom stereocenters. The summed E-state index contributed by atoms with van der Waals surface area (Å²) in [6.07, 6.45) is 85.6. The number of carbonyl (C=O) groups excluding carboxylic acids is 3. The molecular weight excluding hydrogens is 913 g/mol. The molecule has 0 saturated carbocycles. The minimum Gasteiger partial charge on any atom is -0.462 e. The minimum atomic E-state index is -0.875. The van der Waals surface area contributed by atoms with Crippen LogP contribution in [-0.4, -0.2) is 37.2 Å². The van der Waals surface area contributed by atoms with Gasteiger partial charge in [0.15, 0.2) is 6.10 Å². The lowest BCUT2D eigenvalue weighted by molar-refractivity contribution is -0.166. The SMILES string of the molecule is CC/C=C\C/C=C\C/C=C\C/C=C\C/C=C\CC(=O)OCC(COC(=O)CCCCCCCCCCCCCCCCCCCCCCCCCCCC)OC(=O)C/C=C\C/C=C\C/C=C\C/C=C\C/C=C\CC. The van der Waals surface area contributed by atoms with Gasteiger partial charge in [0.1, 0.15) is 13.2 Å². The van der Waals surface area contributed by atoms with Crippen LogP contribution < -0.4 is 0 Å². The lowest BCUT2D eigenvalue weighted by Gasteiger charge is -2.17. The van der Waals surface area contributed by atoms with Gasteiger partial charge >= 0.3 is 17.9 Å². The topological polar surface area (TPSA) is 78.9 Å². The molecule has 0 rings (SSSR count). The fraction of sp³-hybridized carbons (Fsp3) is 0.662. The fourth-order valence-corrected chi connectivity index (χ4v) is 8.30. The van der Waals surface area contributed by atoms with Crippen molar-refractivity contribution in [1.82, 2.24) is 0 Å². The van der Waals surface area contributed by atoms with Gasteiger partial charge in [-0.2, -0.15) is 0 Å². The Labute approximate surface area is 456 Å². The van der Waals surface area contributed by atoms with Gasteiger partial charge in [-0.15, -0.1) is 0 Å². The Kier molecular flexibility index (Phi) is 57.9. The van der Waals surface area contributed by atoms with Crippen molar-refractivity contribution in [3.63, 3.8) is 0 Å². The summed E-state index contributed by atoms with van der Waals surface area (Å²) in [5.74, 6) is -1.21. The Bertz CT molecular complexity index is 1550. The first-order valence-electron chi connectivity index (χ1n) is 30.5. The van der Waals surface area contributed by atoms with Crippen molar-refractivity contribution in [3.05, 3.63) is 122 Å². The predicted molar refractivity (Wildman–Crippen MR) is 320 cm³/mol. The normalized spacial score (nSPS) is 13.0. The van der Waals surface area contributed by atoms with Crippen molar-refractivity contribution in [2.24, 2.45) is 0 Å². The van der Waals surface area contributed by atoms with Crippen LogP contribution in [0.15, 0.2) is 122 Å². The molecule has 0 aliphatic heterocycles. The van der Waals surface area contributed by atoms with Crippen LogP contribution in [0, 0.1) is 0 Å². The van der Waals surface area contributed by atoms with Crippen LogP contribution in [0.1, 0.15) is 271 Å². The summed E-state index contributed by atoms with van der Waals surface area (Å²) >= 11 is 0. The van der Waals surface area contributed by atoms with Gasteiger partial charge in [0.05, 0.1) is 12.8 Å². The lowest BCUT2D eigenvalue weighted by atomic mass is 10.0. The van der Waals surface area contributed by atoms with E-state index in [4.69, 9.17) is 14.2 Å². The van der Waals surface area contributed by atoms with E-state index in [1.165, 1.54) is 148 Å². The van der Waals surface area contributed by atoms with Crippen LogP contribution in [-0.2, 0) is 28.6 Å². The third kappa shape index (κ3) is 58.7. The number of carbonyl (C=O) groups is 3. The molecule has 6 heteroatoms.